The van der Waals surface area contributed by atoms with Gasteiger partial charge in [0.2, 0.25) is 11.8 Å². The monoisotopic (exact) mass is 337 g/mol. The van der Waals surface area contributed by atoms with Crippen LogP contribution >= 0.6 is 0 Å². The molecule has 24 heavy (non-hydrogen) atoms. The van der Waals surface area contributed by atoms with Gasteiger partial charge >= 0.3 is 0 Å². The third-order valence-electron chi connectivity index (χ3n) is 3.96. The molecule has 1 aromatic rings. The molecule has 0 aliphatic carbocycles. The minimum Gasteiger partial charge on any atom is -0.360 e. The molecule has 0 aliphatic rings. The van der Waals surface area contributed by atoms with Gasteiger partial charge in [0.15, 0.2) is 5.82 Å². The first-order valence-electron chi connectivity index (χ1n) is 9.07. The first-order valence-corrected chi connectivity index (χ1v) is 9.07. The number of nitrogens with zero attached hydrogens (tertiary/aromatic N) is 2. The minimum absolute atomic E-state index is 0.0394. The van der Waals surface area contributed by atoms with Crippen LogP contribution < -0.4 is 5.32 Å². The van der Waals surface area contributed by atoms with Crippen LogP contribution in [0.15, 0.2) is 10.6 Å². The van der Waals surface area contributed by atoms with Gasteiger partial charge in [-0.3, -0.25) is 9.59 Å². The molecule has 6 heteroatoms. The van der Waals surface area contributed by atoms with Gasteiger partial charge in [-0.1, -0.05) is 50.6 Å². The van der Waals surface area contributed by atoms with Crippen LogP contribution in [0.3, 0.4) is 0 Å². The highest BCUT2D eigenvalue weighted by molar-refractivity contribution is 5.93. The number of likely N-dealkylation sites (N-methyl/N-ethyl adjacent to an activating group) is 1. The van der Waals surface area contributed by atoms with Crippen LogP contribution in [-0.2, 0) is 9.59 Å². The maximum Gasteiger partial charge on any atom is 0.245 e. The number of anilines is 1. The molecule has 0 aromatic carbocycles. The second kappa shape index (κ2) is 11.6. The van der Waals surface area contributed by atoms with Crippen LogP contribution in [0, 0.1) is 6.92 Å². The van der Waals surface area contributed by atoms with Gasteiger partial charge in [0.1, 0.15) is 5.76 Å². The number of aryl methyl sites for hydroxylation is 1. The Balaban J connectivity index is 2.23. The van der Waals surface area contributed by atoms with Crippen LogP contribution in [0.1, 0.15) is 71.0 Å². The lowest BCUT2D eigenvalue weighted by molar-refractivity contribution is -0.134. The minimum atomic E-state index is -0.252. The van der Waals surface area contributed by atoms with Gasteiger partial charge in [0, 0.05) is 19.0 Å². The summed E-state index contributed by atoms with van der Waals surface area (Å²) < 4.78 is 4.90. The van der Waals surface area contributed by atoms with Crippen molar-refractivity contribution in [1.29, 1.82) is 0 Å². The number of carbonyl (C=O) groups excluding carboxylic acids is 2. The summed E-state index contributed by atoms with van der Waals surface area (Å²) in [4.78, 5) is 25.8. The van der Waals surface area contributed by atoms with Crippen molar-refractivity contribution in [3.8, 4) is 0 Å². The van der Waals surface area contributed by atoms with Crippen LogP contribution in [0.25, 0.3) is 0 Å². The second-order valence-corrected chi connectivity index (χ2v) is 6.15. The lowest BCUT2D eigenvalue weighted by Crippen LogP contribution is -2.37. The molecule has 0 fully saturated rings. The standard InChI is InChI=1S/C18H31N3O3/c1-4-6-7-8-9-10-11-12-18(23)21(5-2)14-17(22)19-16-13-15(3)24-20-16/h13H,4-12,14H2,1-3H3,(H,19,20,22). The van der Waals surface area contributed by atoms with Crippen molar-refractivity contribution >= 4 is 17.6 Å². The fourth-order valence-electron chi connectivity index (χ4n) is 2.55. The average Bonchev–Trinajstić information content (AvgIpc) is 2.96. The SMILES string of the molecule is CCCCCCCCCC(=O)N(CC)CC(=O)Nc1cc(C)on1. The van der Waals surface area contributed by atoms with Crippen LogP contribution in [0.4, 0.5) is 5.82 Å². The largest absolute Gasteiger partial charge is 0.360 e. The molecule has 1 N–H and O–H groups in total. The van der Waals surface area contributed by atoms with Crippen molar-refractivity contribution in [3.63, 3.8) is 0 Å². The summed E-state index contributed by atoms with van der Waals surface area (Å²) in [5.74, 6) is 0.802. The normalized spacial score (nSPS) is 10.6. The number of carbonyl (C=O) groups is 2. The number of nitrogens with one attached hydrogen (secondary N) is 1. The summed E-state index contributed by atoms with van der Waals surface area (Å²) in [6.45, 7) is 6.43. The Labute approximate surface area is 145 Å². The van der Waals surface area contributed by atoms with Gasteiger partial charge < -0.3 is 14.7 Å². The molecule has 0 bridgehead atoms. The summed E-state index contributed by atoms with van der Waals surface area (Å²) in [6.07, 6.45) is 8.75. The summed E-state index contributed by atoms with van der Waals surface area (Å²) in [5, 5.41) is 6.36. The summed E-state index contributed by atoms with van der Waals surface area (Å²) in [6, 6.07) is 1.65. The summed E-state index contributed by atoms with van der Waals surface area (Å²) in [7, 11) is 0. The molecule has 6 nitrogen and oxygen atoms in total. The Bertz CT molecular complexity index is 499. The smallest absolute Gasteiger partial charge is 0.245 e. The van der Waals surface area contributed by atoms with Gasteiger partial charge in [0.05, 0.1) is 6.54 Å². The first kappa shape index (κ1) is 20.2. The highest BCUT2D eigenvalue weighted by Crippen LogP contribution is 2.10. The maximum atomic E-state index is 12.2. The van der Waals surface area contributed by atoms with E-state index in [1.807, 2.05) is 6.92 Å². The van der Waals surface area contributed by atoms with Crippen molar-refractivity contribution in [2.24, 2.45) is 0 Å². The number of hydrogen-bond acceptors (Lipinski definition) is 4. The zero-order valence-electron chi connectivity index (χ0n) is 15.3. The van der Waals surface area contributed by atoms with Gasteiger partial charge in [-0.15, -0.1) is 0 Å². The predicted octanol–water partition coefficient (Wildman–Crippen LogP) is 3.91. The molecule has 1 rings (SSSR count). The summed E-state index contributed by atoms with van der Waals surface area (Å²) in [5.41, 5.74) is 0. The molecule has 0 atom stereocenters. The number of aromatic nitrogens is 1. The van der Waals surface area contributed by atoms with E-state index in [-0.39, 0.29) is 18.4 Å². The molecule has 0 aliphatic heterocycles. The molecule has 0 unspecified atom stereocenters. The highest BCUT2D eigenvalue weighted by atomic mass is 16.5. The van der Waals surface area contributed by atoms with Crippen molar-refractivity contribution in [2.45, 2.75) is 72.1 Å². The Morgan fingerprint density at radius 2 is 1.79 bits per heavy atom. The number of rotatable bonds is 12. The Hall–Kier alpha value is -1.85. The molecule has 136 valence electrons. The van der Waals surface area contributed by atoms with E-state index in [0.29, 0.717) is 24.5 Å². The van der Waals surface area contributed by atoms with Crippen molar-refractivity contribution in [2.75, 3.05) is 18.4 Å². The third kappa shape index (κ3) is 8.13. The number of amides is 2. The molecular weight excluding hydrogens is 306 g/mol. The van der Waals surface area contributed by atoms with Gasteiger partial charge in [-0.2, -0.15) is 0 Å². The third-order valence-corrected chi connectivity index (χ3v) is 3.96. The topological polar surface area (TPSA) is 75.4 Å². The molecule has 0 saturated heterocycles. The number of hydrogen-bond donors (Lipinski definition) is 1. The second-order valence-electron chi connectivity index (χ2n) is 6.15. The molecule has 0 spiro atoms. The van der Waals surface area contributed by atoms with Crippen LogP contribution in [-0.4, -0.2) is 35.0 Å². The molecule has 0 radical (unpaired) electrons. The fourth-order valence-corrected chi connectivity index (χ4v) is 2.55. The highest BCUT2D eigenvalue weighted by Gasteiger charge is 2.16. The predicted molar refractivity (Wildman–Crippen MR) is 94.7 cm³/mol. The Morgan fingerprint density at radius 1 is 1.12 bits per heavy atom. The lowest BCUT2D eigenvalue weighted by atomic mass is 10.1. The molecule has 2 amide bonds. The van der Waals surface area contributed by atoms with Gasteiger partial charge in [-0.05, 0) is 20.3 Å². The lowest BCUT2D eigenvalue weighted by Gasteiger charge is -2.20. The van der Waals surface area contributed by atoms with Crippen molar-refractivity contribution < 1.29 is 14.1 Å². The van der Waals surface area contributed by atoms with Crippen molar-refractivity contribution in [1.82, 2.24) is 10.1 Å². The van der Waals surface area contributed by atoms with E-state index in [4.69, 9.17) is 4.52 Å². The van der Waals surface area contributed by atoms with Gasteiger partial charge in [0.25, 0.3) is 0 Å². The van der Waals surface area contributed by atoms with E-state index in [1.54, 1.807) is 17.9 Å². The molecule has 0 saturated carbocycles. The fraction of sp³-hybridized carbons (Fsp3) is 0.722. The zero-order chi connectivity index (χ0) is 17.8. The zero-order valence-corrected chi connectivity index (χ0v) is 15.3. The van der Waals surface area contributed by atoms with E-state index in [0.717, 1.165) is 12.8 Å². The van der Waals surface area contributed by atoms with E-state index in [9.17, 15) is 9.59 Å². The van der Waals surface area contributed by atoms with Crippen molar-refractivity contribution in [3.05, 3.63) is 11.8 Å². The molecule has 1 heterocycles. The Kier molecular flexibility index (Phi) is 9.80. The number of unbranched alkanes of at least 4 members (excludes halogenated alkanes) is 6. The quantitative estimate of drug-likeness (QED) is 0.587. The molecule has 1 aromatic heterocycles. The van der Waals surface area contributed by atoms with Crippen LogP contribution in [0.2, 0.25) is 0 Å². The maximum absolute atomic E-state index is 12.2. The average molecular weight is 337 g/mol. The van der Waals surface area contributed by atoms with Crippen LogP contribution in [0.5, 0.6) is 0 Å². The Morgan fingerprint density at radius 3 is 2.38 bits per heavy atom. The van der Waals surface area contributed by atoms with E-state index >= 15 is 0 Å². The van der Waals surface area contributed by atoms with Gasteiger partial charge in [-0.25, -0.2) is 0 Å². The molecular formula is C18H31N3O3. The first-order chi connectivity index (χ1) is 11.6. The summed E-state index contributed by atoms with van der Waals surface area (Å²) >= 11 is 0. The van der Waals surface area contributed by atoms with E-state index < -0.39 is 0 Å². The van der Waals surface area contributed by atoms with E-state index in [2.05, 4.69) is 17.4 Å². The van der Waals surface area contributed by atoms with E-state index in [1.165, 1.54) is 32.1 Å².